The molecule has 1 heterocycles. The number of carbonyl (C=O) groups is 2. The van der Waals surface area contributed by atoms with Crippen molar-refractivity contribution in [2.45, 2.75) is 26.4 Å². The van der Waals surface area contributed by atoms with E-state index >= 15 is 0 Å². The van der Waals surface area contributed by atoms with E-state index in [1.165, 1.54) is 18.2 Å². The molecule has 1 atom stereocenters. The van der Waals surface area contributed by atoms with E-state index < -0.39 is 23.6 Å². The lowest BCUT2D eigenvalue weighted by molar-refractivity contribution is -0.137. The highest BCUT2D eigenvalue weighted by atomic mass is 19.4. The molecule has 1 unspecified atom stereocenters. The molecule has 2 aromatic carbocycles. The average Bonchev–Trinajstić information content (AvgIpc) is 2.99. The molecule has 27 heavy (non-hydrogen) atoms. The number of halogens is 3. The maximum atomic E-state index is 13.2. The third kappa shape index (κ3) is 3.97. The third-order valence-electron chi connectivity index (χ3n) is 4.65. The van der Waals surface area contributed by atoms with Crippen LogP contribution in [-0.2, 0) is 15.8 Å². The Morgan fingerprint density at radius 2 is 1.85 bits per heavy atom. The highest BCUT2D eigenvalue weighted by Crippen LogP contribution is 2.38. The smallest absolute Gasteiger partial charge is 0.326 e. The van der Waals surface area contributed by atoms with Crippen molar-refractivity contribution in [3.05, 3.63) is 59.2 Å². The fraction of sp³-hybridized carbons (Fsp3) is 0.300. The van der Waals surface area contributed by atoms with Gasteiger partial charge >= 0.3 is 6.18 Å². The number of hydrogen-bond acceptors (Lipinski definition) is 2. The van der Waals surface area contributed by atoms with E-state index in [1.54, 1.807) is 0 Å². The van der Waals surface area contributed by atoms with Gasteiger partial charge in [-0.2, -0.15) is 13.2 Å². The number of alkyl halides is 3. The molecule has 1 saturated heterocycles. The van der Waals surface area contributed by atoms with E-state index in [-0.39, 0.29) is 24.6 Å². The van der Waals surface area contributed by atoms with Crippen molar-refractivity contribution >= 4 is 23.2 Å². The van der Waals surface area contributed by atoms with Gasteiger partial charge in [-0.05, 0) is 43.2 Å². The van der Waals surface area contributed by atoms with Gasteiger partial charge in [0.1, 0.15) is 0 Å². The lowest BCUT2D eigenvalue weighted by Gasteiger charge is -2.21. The Kier molecular flexibility index (Phi) is 4.95. The minimum atomic E-state index is -4.57. The number of rotatable bonds is 3. The predicted octanol–water partition coefficient (Wildman–Crippen LogP) is 4.31. The van der Waals surface area contributed by atoms with E-state index in [2.05, 4.69) is 5.32 Å². The topological polar surface area (TPSA) is 49.4 Å². The molecule has 0 aromatic heterocycles. The minimum absolute atomic E-state index is 0.0807. The molecule has 1 N–H and O–H groups in total. The van der Waals surface area contributed by atoms with Crippen molar-refractivity contribution in [1.82, 2.24) is 0 Å². The van der Waals surface area contributed by atoms with Gasteiger partial charge in [0, 0.05) is 18.7 Å². The van der Waals surface area contributed by atoms with Gasteiger partial charge in [0.05, 0.1) is 17.2 Å². The van der Waals surface area contributed by atoms with Gasteiger partial charge in [-0.1, -0.05) is 24.3 Å². The predicted molar refractivity (Wildman–Crippen MR) is 96.4 cm³/mol. The van der Waals surface area contributed by atoms with Gasteiger partial charge in [0.2, 0.25) is 11.8 Å². The van der Waals surface area contributed by atoms with E-state index in [4.69, 9.17) is 0 Å². The lowest BCUT2D eigenvalue weighted by Crippen LogP contribution is -2.29. The molecule has 7 heteroatoms. The van der Waals surface area contributed by atoms with Crippen molar-refractivity contribution in [2.24, 2.45) is 5.92 Å². The first kappa shape index (κ1) is 18.9. The molecule has 1 aliphatic rings. The second-order valence-electron chi connectivity index (χ2n) is 6.73. The summed E-state index contributed by atoms with van der Waals surface area (Å²) in [5, 5.41) is 2.79. The summed E-state index contributed by atoms with van der Waals surface area (Å²) in [6, 6.07) is 10.5. The van der Waals surface area contributed by atoms with Crippen molar-refractivity contribution in [3.8, 4) is 0 Å². The quantitative estimate of drug-likeness (QED) is 0.868. The Morgan fingerprint density at radius 3 is 2.56 bits per heavy atom. The molecular weight excluding hydrogens is 357 g/mol. The molecule has 2 aromatic rings. The number of anilines is 2. The maximum absolute atomic E-state index is 13.2. The molecule has 2 amide bonds. The standard InChI is InChI=1S/C20H19F3N2O2/c1-12-7-8-13(2)16(9-12)24-19(27)14-10-18(26)25(11-14)17-6-4-3-5-15(17)20(21,22)23/h3-9,14H,10-11H2,1-2H3,(H,24,27). The van der Waals surface area contributed by atoms with Crippen molar-refractivity contribution < 1.29 is 22.8 Å². The molecule has 3 rings (SSSR count). The van der Waals surface area contributed by atoms with Crippen LogP contribution in [0.3, 0.4) is 0 Å². The van der Waals surface area contributed by atoms with Crippen LogP contribution < -0.4 is 10.2 Å². The summed E-state index contributed by atoms with van der Waals surface area (Å²) in [6.45, 7) is 3.66. The van der Waals surface area contributed by atoms with Crippen molar-refractivity contribution in [3.63, 3.8) is 0 Å². The molecule has 0 spiro atoms. The van der Waals surface area contributed by atoms with Crippen LogP contribution in [0.4, 0.5) is 24.5 Å². The summed E-state index contributed by atoms with van der Waals surface area (Å²) in [4.78, 5) is 25.9. The first-order valence-corrected chi connectivity index (χ1v) is 8.51. The van der Waals surface area contributed by atoms with Crippen LogP contribution in [0, 0.1) is 19.8 Å². The van der Waals surface area contributed by atoms with E-state index in [0.717, 1.165) is 22.1 Å². The van der Waals surface area contributed by atoms with Gasteiger partial charge in [-0.25, -0.2) is 0 Å². The van der Waals surface area contributed by atoms with Gasteiger partial charge in [0.15, 0.2) is 0 Å². The van der Waals surface area contributed by atoms with E-state index in [9.17, 15) is 22.8 Å². The largest absolute Gasteiger partial charge is 0.418 e. The lowest BCUT2D eigenvalue weighted by atomic mass is 10.1. The average molecular weight is 376 g/mol. The third-order valence-corrected chi connectivity index (χ3v) is 4.65. The Bertz CT molecular complexity index is 893. The van der Waals surface area contributed by atoms with Crippen molar-refractivity contribution in [2.75, 3.05) is 16.8 Å². The molecule has 0 saturated carbocycles. The molecule has 1 fully saturated rings. The number of nitrogens with zero attached hydrogens (tertiary/aromatic N) is 1. The Morgan fingerprint density at radius 1 is 1.15 bits per heavy atom. The number of para-hydroxylation sites is 1. The van der Waals surface area contributed by atoms with Crippen molar-refractivity contribution in [1.29, 1.82) is 0 Å². The van der Waals surface area contributed by atoms with Gasteiger partial charge in [0.25, 0.3) is 0 Å². The van der Waals surface area contributed by atoms with Crippen LogP contribution >= 0.6 is 0 Å². The van der Waals surface area contributed by atoms with Crippen LogP contribution in [0.1, 0.15) is 23.1 Å². The fourth-order valence-corrected chi connectivity index (χ4v) is 3.17. The monoisotopic (exact) mass is 376 g/mol. The molecule has 1 aliphatic heterocycles. The van der Waals surface area contributed by atoms with E-state index in [1.807, 2.05) is 32.0 Å². The molecular formula is C20H19F3N2O2. The number of aryl methyl sites for hydroxylation is 2. The van der Waals surface area contributed by atoms with E-state index in [0.29, 0.717) is 5.69 Å². The number of nitrogens with one attached hydrogen (secondary N) is 1. The highest BCUT2D eigenvalue weighted by molar-refractivity contribution is 6.04. The summed E-state index contributed by atoms with van der Waals surface area (Å²) in [5.74, 6) is -1.57. The Balaban J connectivity index is 1.80. The number of carbonyl (C=O) groups excluding carboxylic acids is 2. The summed E-state index contributed by atoms with van der Waals surface area (Å²) in [7, 11) is 0. The summed E-state index contributed by atoms with van der Waals surface area (Å²) in [6.07, 6.45) is -4.70. The highest BCUT2D eigenvalue weighted by Gasteiger charge is 2.40. The maximum Gasteiger partial charge on any atom is 0.418 e. The van der Waals surface area contributed by atoms with Crippen LogP contribution in [0.5, 0.6) is 0 Å². The van der Waals surface area contributed by atoms with Crippen LogP contribution in [0.2, 0.25) is 0 Å². The van der Waals surface area contributed by atoms with Crippen LogP contribution in [-0.4, -0.2) is 18.4 Å². The van der Waals surface area contributed by atoms with Gasteiger partial charge in [-0.3, -0.25) is 9.59 Å². The Labute approximate surface area is 155 Å². The minimum Gasteiger partial charge on any atom is -0.326 e. The SMILES string of the molecule is Cc1ccc(C)c(NC(=O)C2CC(=O)N(c3ccccc3C(F)(F)F)C2)c1. The summed E-state index contributed by atoms with van der Waals surface area (Å²) in [5.41, 5.74) is 1.39. The second-order valence-corrected chi connectivity index (χ2v) is 6.73. The second kappa shape index (κ2) is 7.06. The molecule has 0 radical (unpaired) electrons. The zero-order valence-corrected chi connectivity index (χ0v) is 14.9. The van der Waals surface area contributed by atoms with Gasteiger partial charge < -0.3 is 10.2 Å². The van der Waals surface area contributed by atoms with Crippen LogP contribution in [0.25, 0.3) is 0 Å². The number of amides is 2. The normalized spacial score (nSPS) is 17.3. The Hall–Kier alpha value is -2.83. The van der Waals surface area contributed by atoms with Gasteiger partial charge in [-0.15, -0.1) is 0 Å². The number of hydrogen-bond donors (Lipinski definition) is 1. The first-order chi connectivity index (χ1) is 12.7. The molecule has 142 valence electrons. The zero-order chi connectivity index (χ0) is 19.8. The van der Waals surface area contributed by atoms with Crippen LogP contribution in [0.15, 0.2) is 42.5 Å². The summed E-state index contributed by atoms with van der Waals surface area (Å²) >= 11 is 0. The molecule has 4 nitrogen and oxygen atoms in total. The fourth-order valence-electron chi connectivity index (χ4n) is 3.17. The summed E-state index contributed by atoms with van der Waals surface area (Å²) < 4.78 is 39.7. The number of benzene rings is 2. The molecule has 0 aliphatic carbocycles. The first-order valence-electron chi connectivity index (χ1n) is 8.51. The molecule has 0 bridgehead atoms. The zero-order valence-electron chi connectivity index (χ0n) is 14.9.